The highest BCUT2D eigenvalue weighted by Gasteiger charge is 2.38. The Kier molecular flexibility index (Phi) is 11.0. The summed E-state index contributed by atoms with van der Waals surface area (Å²) in [6.45, 7) is 1.20. The van der Waals surface area contributed by atoms with E-state index in [9.17, 15) is 32.7 Å². The fourth-order valence-corrected chi connectivity index (χ4v) is 4.29. The van der Waals surface area contributed by atoms with Crippen LogP contribution in [0.3, 0.4) is 0 Å². The first-order chi connectivity index (χ1) is 19.9. The normalized spacial score (nSPS) is 14.5. The number of aromatic nitrogens is 1. The van der Waals surface area contributed by atoms with E-state index in [1.54, 1.807) is 12.3 Å². The maximum atomic E-state index is 13.2. The first kappa shape index (κ1) is 31.6. The van der Waals surface area contributed by atoms with Gasteiger partial charge in [-0.25, -0.2) is 9.78 Å². The number of nitrogens with zero attached hydrogens (tertiary/aromatic N) is 2. The molecule has 2 heterocycles. The quantitative estimate of drug-likeness (QED) is 0.297. The van der Waals surface area contributed by atoms with Gasteiger partial charge in [-0.2, -0.15) is 13.2 Å². The second-order valence-corrected chi connectivity index (χ2v) is 9.33. The Hall–Kier alpha value is -4.94. The average Bonchev–Trinajstić information content (AvgIpc) is 3.08. The molecule has 1 aliphatic rings. The van der Waals surface area contributed by atoms with Crippen molar-refractivity contribution in [1.82, 2.24) is 15.2 Å². The first-order valence-electron chi connectivity index (χ1n) is 12.8. The molecule has 0 saturated heterocycles. The minimum Gasteiger partial charge on any atom is -0.481 e. The van der Waals surface area contributed by atoms with Crippen LogP contribution in [-0.2, 0) is 38.7 Å². The first-order valence-corrected chi connectivity index (χ1v) is 12.8. The molecule has 13 heteroatoms. The van der Waals surface area contributed by atoms with Crippen molar-refractivity contribution in [1.29, 1.82) is 0 Å². The molecule has 222 valence electrons. The molecule has 0 bridgehead atoms. The third kappa shape index (κ3) is 9.61. The maximum absolute atomic E-state index is 13.2. The van der Waals surface area contributed by atoms with Crippen molar-refractivity contribution < 1.29 is 42.6 Å². The van der Waals surface area contributed by atoms with Gasteiger partial charge in [-0.15, -0.1) is 0 Å². The number of carbonyl (C=O) groups excluding carboxylic acids is 2. The molecule has 2 aromatic carbocycles. The Labute approximate surface area is 239 Å². The lowest BCUT2D eigenvalue weighted by molar-refractivity contribution is -0.192. The van der Waals surface area contributed by atoms with Crippen LogP contribution in [0.15, 0.2) is 72.9 Å². The highest BCUT2D eigenvalue weighted by atomic mass is 19.4. The fourth-order valence-electron chi connectivity index (χ4n) is 4.29. The van der Waals surface area contributed by atoms with Crippen LogP contribution >= 0.6 is 0 Å². The molecule has 42 heavy (non-hydrogen) atoms. The van der Waals surface area contributed by atoms with Gasteiger partial charge in [-0.3, -0.25) is 14.4 Å². The standard InChI is InChI=1S/C27H28N4O4.C2HF3O2/c32-25(30-17-20-7-5-6-19(14-20)16-29-24-10-3-4-12-28-24)18-31-13-11-21-8-1-2-9-22(21)23(27(31)35)15-26(33)34;3-2(4,5)1(6)7/h1-10,12,14,23H,11,13,15-18H2,(H,28,29)(H,30,32)(H,33,34);(H,6,7). The Bertz CT molecular complexity index is 1400. The van der Waals surface area contributed by atoms with E-state index in [1.807, 2.05) is 60.7 Å². The Morgan fingerprint density at radius 3 is 2.26 bits per heavy atom. The van der Waals surface area contributed by atoms with Crippen molar-refractivity contribution in [3.8, 4) is 0 Å². The highest BCUT2D eigenvalue weighted by Crippen LogP contribution is 2.29. The van der Waals surface area contributed by atoms with Crippen molar-refractivity contribution in [2.24, 2.45) is 0 Å². The van der Waals surface area contributed by atoms with Gasteiger partial charge in [0.05, 0.1) is 18.9 Å². The number of hydrogen-bond donors (Lipinski definition) is 4. The number of carboxylic acid groups (broad SMARTS) is 2. The molecule has 10 nitrogen and oxygen atoms in total. The molecule has 1 atom stereocenters. The van der Waals surface area contributed by atoms with E-state index < -0.39 is 24.0 Å². The molecule has 0 radical (unpaired) electrons. The zero-order valence-corrected chi connectivity index (χ0v) is 22.3. The lowest BCUT2D eigenvalue weighted by atomic mass is 9.91. The number of pyridine rings is 1. The van der Waals surface area contributed by atoms with E-state index in [0.717, 1.165) is 28.1 Å². The number of amides is 2. The van der Waals surface area contributed by atoms with Crippen molar-refractivity contribution in [3.63, 3.8) is 0 Å². The minimum absolute atomic E-state index is 0.107. The van der Waals surface area contributed by atoms with Crippen LogP contribution < -0.4 is 10.6 Å². The van der Waals surface area contributed by atoms with Crippen LogP contribution in [0.4, 0.5) is 19.0 Å². The van der Waals surface area contributed by atoms with E-state index in [-0.39, 0.29) is 24.8 Å². The number of hydrogen-bond acceptors (Lipinski definition) is 6. The molecule has 0 spiro atoms. The number of carbonyl (C=O) groups is 4. The summed E-state index contributed by atoms with van der Waals surface area (Å²) in [5.41, 5.74) is 3.68. The van der Waals surface area contributed by atoms with Crippen molar-refractivity contribution >= 4 is 29.6 Å². The predicted molar refractivity (Wildman–Crippen MR) is 145 cm³/mol. The largest absolute Gasteiger partial charge is 0.490 e. The molecule has 4 N–H and O–H groups in total. The van der Waals surface area contributed by atoms with Crippen LogP contribution in [0.2, 0.25) is 0 Å². The van der Waals surface area contributed by atoms with E-state index >= 15 is 0 Å². The summed E-state index contributed by atoms with van der Waals surface area (Å²) >= 11 is 0. The lowest BCUT2D eigenvalue weighted by Crippen LogP contribution is -2.42. The summed E-state index contributed by atoms with van der Waals surface area (Å²) in [4.78, 5) is 51.9. The molecule has 4 rings (SSSR count). The van der Waals surface area contributed by atoms with Crippen LogP contribution in [0.5, 0.6) is 0 Å². The predicted octanol–water partition coefficient (Wildman–Crippen LogP) is 3.59. The van der Waals surface area contributed by atoms with Gasteiger partial charge in [-0.05, 0) is 40.8 Å². The number of alkyl halides is 3. The van der Waals surface area contributed by atoms with Gasteiger partial charge < -0.3 is 25.7 Å². The topological polar surface area (TPSA) is 149 Å². The third-order valence-electron chi connectivity index (χ3n) is 6.27. The Morgan fingerprint density at radius 2 is 1.62 bits per heavy atom. The summed E-state index contributed by atoms with van der Waals surface area (Å²) < 4.78 is 31.7. The smallest absolute Gasteiger partial charge is 0.481 e. The summed E-state index contributed by atoms with van der Waals surface area (Å²) in [5.74, 6) is -4.40. The van der Waals surface area contributed by atoms with E-state index in [0.29, 0.717) is 26.1 Å². The number of aliphatic carboxylic acids is 2. The summed E-state index contributed by atoms with van der Waals surface area (Å²) in [7, 11) is 0. The molecule has 0 saturated carbocycles. The number of benzene rings is 2. The second-order valence-electron chi connectivity index (χ2n) is 9.33. The zero-order chi connectivity index (χ0) is 30.7. The third-order valence-corrected chi connectivity index (χ3v) is 6.27. The Morgan fingerprint density at radius 1 is 0.952 bits per heavy atom. The monoisotopic (exact) mass is 586 g/mol. The van der Waals surface area contributed by atoms with Gasteiger partial charge in [0.15, 0.2) is 0 Å². The van der Waals surface area contributed by atoms with Crippen LogP contribution in [0.25, 0.3) is 0 Å². The van der Waals surface area contributed by atoms with Crippen LogP contribution in [0.1, 0.15) is 34.6 Å². The summed E-state index contributed by atoms with van der Waals surface area (Å²) in [6, 6.07) is 20.9. The number of fused-ring (bicyclic) bond motifs is 1. The number of rotatable bonds is 9. The van der Waals surface area contributed by atoms with E-state index in [1.165, 1.54) is 4.90 Å². The van der Waals surface area contributed by atoms with Gasteiger partial charge in [0.1, 0.15) is 5.82 Å². The fraction of sp³-hybridized carbons (Fsp3) is 0.276. The van der Waals surface area contributed by atoms with Crippen molar-refractivity contribution in [3.05, 3.63) is 95.2 Å². The maximum Gasteiger partial charge on any atom is 0.490 e. The molecule has 2 amide bonds. The van der Waals surface area contributed by atoms with Gasteiger partial charge in [0.25, 0.3) is 0 Å². The molecule has 0 fully saturated rings. The van der Waals surface area contributed by atoms with Gasteiger partial charge in [-0.1, -0.05) is 54.6 Å². The molecule has 1 aliphatic heterocycles. The molecule has 0 aliphatic carbocycles. The van der Waals surface area contributed by atoms with Gasteiger partial charge >= 0.3 is 18.1 Å². The van der Waals surface area contributed by atoms with Crippen molar-refractivity contribution in [2.45, 2.75) is 38.0 Å². The average molecular weight is 587 g/mol. The van der Waals surface area contributed by atoms with Crippen molar-refractivity contribution in [2.75, 3.05) is 18.4 Å². The molecule has 3 aromatic rings. The Balaban J connectivity index is 0.000000616. The van der Waals surface area contributed by atoms with Gasteiger partial charge in [0.2, 0.25) is 11.8 Å². The molecule has 1 unspecified atom stereocenters. The highest BCUT2D eigenvalue weighted by molar-refractivity contribution is 5.91. The zero-order valence-electron chi connectivity index (χ0n) is 22.3. The molecular formula is C29H29F3N4O6. The number of carboxylic acids is 2. The summed E-state index contributed by atoms with van der Waals surface area (Å²) in [5, 5.41) is 22.6. The molecular weight excluding hydrogens is 557 g/mol. The molecule has 1 aromatic heterocycles. The number of nitrogens with one attached hydrogen (secondary N) is 2. The second kappa shape index (κ2) is 14.6. The van der Waals surface area contributed by atoms with E-state index in [2.05, 4.69) is 15.6 Å². The van der Waals surface area contributed by atoms with Crippen LogP contribution in [0, 0.1) is 0 Å². The SMILES string of the molecule is O=C(O)C(F)(F)F.O=C(O)CC1C(=O)N(CC(=O)NCc2cccc(CNc3ccccn3)c2)CCc2ccccc21. The van der Waals surface area contributed by atoms with E-state index in [4.69, 9.17) is 9.90 Å². The van der Waals surface area contributed by atoms with Crippen LogP contribution in [-0.4, -0.2) is 63.1 Å². The van der Waals surface area contributed by atoms with Gasteiger partial charge in [0, 0.05) is 25.8 Å². The summed E-state index contributed by atoms with van der Waals surface area (Å²) in [6.07, 6.45) is -3.07. The minimum atomic E-state index is -5.08. The number of halogens is 3. The number of anilines is 1. The lowest BCUT2D eigenvalue weighted by Gasteiger charge is -2.23.